The molecule has 0 aliphatic carbocycles. The molecular formula is C14H25N3O. The number of ether oxygens (including phenoxy) is 1. The van der Waals surface area contributed by atoms with Crippen molar-refractivity contribution in [2.45, 2.75) is 31.8 Å². The van der Waals surface area contributed by atoms with Crippen molar-refractivity contribution in [1.29, 1.82) is 0 Å². The second-order valence-corrected chi connectivity index (χ2v) is 5.28. The highest BCUT2D eigenvalue weighted by molar-refractivity contribution is 5.34. The van der Waals surface area contributed by atoms with Crippen LogP contribution in [0.15, 0.2) is 24.3 Å². The molecule has 0 heterocycles. The van der Waals surface area contributed by atoms with Crippen LogP contribution in [0, 0.1) is 0 Å². The van der Waals surface area contributed by atoms with E-state index in [2.05, 4.69) is 44.3 Å². The Morgan fingerprint density at radius 1 is 1.33 bits per heavy atom. The largest absolute Gasteiger partial charge is 0.496 e. The van der Waals surface area contributed by atoms with E-state index in [0.29, 0.717) is 0 Å². The Morgan fingerprint density at radius 2 is 1.94 bits per heavy atom. The number of rotatable bonds is 6. The zero-order valence-electron chi connectivity index (χ0n) is 12.0. The molecule has 4 heteroatoms. The number of para-hydroxylation sites is 1. The van der Waals surface area contributed by atoms with Gasteiger partial charge in [0.15, 0.2) is 0 Å². The molecule has 3 N–H and O–H groups in total. The summed E-state index contributed by atoms with van der Waals surface area (Å²) in [5.41, 5.74) is 4.04. The first-order valence-electron chi connectivity index (χ1n) is 6.19. The Labute approximate surface area is 110 Å². The standard InChI is InChI=1S/C14H25N3O/c1-14(2,17(3)4)13(16-15)10-11-8-6-7-9-12(11)18-5/h6-9,13,16H,10,15H2,1-5H3. The van der Waals surface area contributed by atoms with Gasteiger partial charge >= 0.3 is 0 Å². The van der Waals surface area contributed by atoms with Crippen molar-refractivity contribution in [3.05, 3.63) is 29.8 Å². The van der Waals surface area contributed by atoms with E-state index in [-0.39, 0.29) is 11.6 Å². The van der Waals surface area contributed by atoms with E-state index < -0.39 is 0 Å². The van der Waals surface area contributed by atoms with Gasteiger partial charge in [-0.2, -0.15) is 0 Å². The van der Waals surface area contributed by atoms with Crippen LogP contribution in [0.2, 0.25) is 0 Å². The van der Waals surface area contributed by atoms with E-state index in [9.17, 15) is 0 Å². The molecule has 0 aromatic heterocycles. The molecule has 0 saturated carbocycles. The van der Waals surface area contributed by atoms with E-state index in [1.807, 2.05) is 18.2 Å². The maximum absolute atomic E-state index is 5.72. The molecule has 0 bridgehead atoms. The second-order valence-electron chi connectivity index (χ2n) is 5.28. The molecule has 0 aliphatic heterocycles. The first-order chi connectivity index (χ1) is 8.43. The summed E-state index contributed by atoms with van der Waals surface area (Å²) in [5, 5.41) is 0. The van der Waals surface area contributed by atoms with Gasteiger partial charge in [-0.15, -0.1) is 0 Å². The molecule has 0 fully saturated rings. The van der Waals surface area contributed by atoms with Crippen LogP contribution in [0.25, 0.3) is 0 Å². The van der Waals surface area contributed by atoms with Gasteiger partial charge < -0.3 is 9.64 Å². The van der Waals surface area contributed by atoms with Crippen LogP contribution in [0.3, 0.4) is 0 Å². The molecule has 1 aromatic carbocycles. The Bertz CT molecular complexity index is 377. The summed E-state index contributed by atoms with van der Waals surface area (Å²) < 4.78 is 5.38. The van der Waals surface area contributed by atoms with Crippen LogP contribution in [-0.2, 0) is 6.42 Å². The van der Waals surface area contributed by atoms with E-state index in [0.717, 1.165) is 17.7 Å². The zero-order chi connectivity index (χ0) is 13.8. The summed E-state index contributed by atoms with van der Waals surface area (Å²) in [4.78, 5) is 2.17. The number of nitrogens with one attached hydrogen (secondary N) is 1. The van der Waals surface area contributed by atoms with Gasteiger partial charge in [-0.05, 0) is 46.0 Å². The van der Waals surface area contributed by atoms with Gasteiger partial charge in [-0.1, -0.05) is 18.2 Å². The molecule has 18 heavy (non-hydrogen) atoms. The SMILES string of the molecule is COc1ccccc1CC(NN)C(C)(C)N(C)C. The molecule has 1 atom stereocenters. The fraction of sp³-hybridized carbons (Fsp3) is 0.571. The number of hydrogen-bond acceptors (Lipinski definition) is 4. The lowest BCUT2D eigenvalue weighted by Gasteiger charge is -2.40. The molecular weight excluding hydrogens is 226 g/mol. The lowest BCUT2D eigenvalue weighted by Crippen LogP contribution is -2.58. The minimum absolute atomic E-state index is 0.0460. The van der Waals surface area contributed by atoms with Gasteiger partial charge in [0.1, 0.15) is 5.75 Å². The number of benzene rings is 1. The van der Waals surface area contributed by atoms with Gasteiger partial charge in [0.05, 0.1) is 7.11 Å². The Morgan fingerprint density at radius 3 is 2.44 bits per heavy atom. The van der Waals surface area contributed by atoms with Gasteiger partial charge in [0.2, 0.25) is 0 Å². The molecule has 0 aliphatic rings. The minimum Gasteiger partial charge on any atom is -0.496 e. The monoisotopic (exact) mass is 251 g/mol. The summed E-state index contributed by atoms with van der Waals surface area (Å²) in [6.07, 6.45) is 0.825. The van der Waals surface area contributed by atoms with Gasteiger partial charge in [0, 0.05) is 11.6 Å². The molecule has 0 spiro atoms. The number of nitrogens with zero attached hydrogens (tertiary/aromatic N) is 1. The number of methoxy groups -OCH3 is 1. The highest BCUT2D eigenvalue weighted by Crippen LogP contribution is 2.24. The lowest BCUT2D eigenvalue weighted by molar-refractivity contribution is 0.137. The van der Waals surface area contributed by atoms with E-state index >= 15 is 0 Å². The van der Waals surface area contributed by atoms with Crippen LogP contribution in [0.5, 0.6) is 5.75 Å². The average molecular weight is 251 g/mol. The first-order valence-corrected chi connectivity index (χ1v) is 6.19. The van der Waals surface area contributed by atoms with Crippen LogP contribution in [-0.4, -0.2) is 37.7 Å². The molecule has 102 valence electrons. The third-order valence-electron chi connectivity index (χ3n) is 3.82. The number of hydrazine groups is 1. The fourth-order valence-corrected chi connectivity index (χ4v) is 1.92. The highest BCUT2D eigenvalue weighted by atomic mass is 16.5. The third-order valence-corrected chi connectivity index (χ3v) is 3.82. The van der Waals surface area contributed by atoms with E-state index in [4.69, 9.17) is 10.6 Å². The zero-order valence-corrected chi connectivity index (χ0v) is 12.0. The summed E-state index contributed by atoms with van der Waals surface area (Å²) in [5.74, 6) is 6.63. The lowest BCUT2D eigenvalue weighted by atomic mass is 9.88. The van der Waals surface area contributed by atoms with Gasteiger partial charge in [0.25, 0.3) is 0 Å². The maximum Gasteiger partial charge on any atom is 0.122 e. The smallest absolute Gasteiger partial charge is 0.122 e. The molecule has 1 unspecified atom stereocenters. The van der Waals surface area contributed by atoms with Crippen molar-refractivity contribution < 1.29 is 4.74 Å². The summed E-state index contributed by atoms with van der Waals surface area (Å²) >= 11 is 0. The summed E-state index contributed by atoms with van der Waals surface area (Å²) in [6, 6.07) is 8.20. The molecule has 1 rings (SSSR count). The fourth-order valence-electron chi connectivity index (χ4n) is 1.92. The average Bonchev–Trinajstić information content (AvgIpc) is 2.35. The van der Waals surface area contributed by atoms with Crippen molar-refractivity contribution in [3.8, 4) is 5.75 Å². The van der Waals surface area contributed by atoms with E-state index in [1.54, 1.807) is 7.11 Å². The normalized spacial score (nSPS) is 13.7. The molecule has 0 saturated heterocycles. The van der Waals surface area contributed by atoms with Crippen molar-refractivity contribution in [3.63, 3.8) is 0 Å². The highest BCUT2D eigenvalue weighted by Gasteiger charge is 2.31. The molecule has 1 aromatic rings. The minimum atomic E-state index is -0.0460. The van der Waals surface area contributed by atoms with Crippen LogP contribution in [0.1, 0.15) is 19.4 Å². The quantitative estimate of drug-likeness (QED) is 0.593. The van der Waals surface area contributed by atoms with Crippen molar-refractivity contribution >= 4 is 0 Å². The van der Waals surface area contributed by atoms with Crippen LogP contribution < -0.4 is 16.0 Å². The Hall–Kier alpha value is -1.10. The summed E-state index contributed by atoms with van der Waals surface area (Å²) in [7, 11) is 5.82. The molecule has 4 nitrogen and oxygen atoms in total. The topological polar surface area (TPSA) is 50.5 Å². The van der Waals surface area contributed by atoms with E-state index in [1.165, 1.54) is 0 Å². The van der Waals surface area contributed by atoms with Crippen LogP contribution in [0.4, 0.5) is 0 Å². The maximum atomic E-state index is 5.72. The first kappa shape index (κ1) is 15.0. The van der Waals surface area contributed by atoms with Crippen molar-refractivity contribution in [2.24, 2.45) is 5.84 Å². The Kier molecular flexibility index (Phi) is 5.14. The summed E-state index contributed by atoms with van der Waals surface area (Å²) in [6.45, 7) is 4.35. The molecule has 0 amide bonds. The van der Waals surface area contributed by atoms with Crippen molar-refractivity contribution in [1.82, 2.24) is 10.3 Å². The number of likely N-dealkylation sites (N-methyl/N-ethyl adjacent to an activating group) is 1. The number of nitrogens with two attached hydrogens (primary N) is 1. The predicted octanol–water partition coefficient (Wildman–Crippen LogP) is 1.41. The number of hydrogen-bond donors (Lipinski definition) is 2. The Balaban J connectivity index is 2.93. The predicted molar refractivity (Wildman–Crippen MR) is 75.6 cm³/mol. The third kappa shape index (κ3) is 3.22. The van der Waals surface area contributed by atoms with Gasteiger partial charge in [-0.3, -0.25) is 11.3 Å². The van der Waals surface area contributed by atoms with Crippen molar-refractivity contribution in [2.75, 3.05) is 21.2 Å². The van der Waals surface area contributed by atoms with Crippen LogP contribution >= 0.6 is 0 Å². The second kappa shape index (κ2) is 6.18. The van der Waals surface area contributed by atoms with Gasteiger partial charge in [-0.25, -0.2) is 0 Å². The molecule has 0 radical (unpaired) electrons.